The first-order valence-electron chi connectivity index (χ1n) is 6.05. The minimum absolute atomic E-state index is 0.0139. The van der Waals surface area contributed by atoms with E-state index in [-0.39, 0.29) is 18.4 Å². The molecule has 0 aliphatic rings. The van der Waals surface area contributed by atoms with Crippen molar-refractivity contribution >= 4 is 5.97 Å². The fourth-order valence-corrected chi connectivity index (χ4v) is 1.54. The van der Waals surface area contributed by atoms with Crippen molar-refractivity contribution in [1.82, 2.24) is 4.98 Å². The molecule has 0 radical (unpaired) electrons. The van der Waals surface area contributed by atoms with E-state index in [0.717, 1.165) is 12.0 Å². The molecule has 2 aromatic rings. The van der Waals surface area contributed by atoms with Crippen LogP contribution in [0.1, 0.15) is 25.7 Å². The van der Waals surface area contributed by atoms with Gasteiger partial charge in [0.05, 0.1) is 6.20 Å². The lowest BCUT2D eigenvalue weighted by Crippen LogP contribution is -2.03. The molecular formula is C14H14FNO3. The van der Waals surface area contributed by atoms with Gasteiger partial charge in [-0.15, -0.1) is 0 Å². The highest BCUT2D eigenvalue weighted by molar-refractivity contribution is 5.69. The lowest BCUT2D eigenvalue weighted by molar-refractivity contribution is -0.145. The van der Waals surface area contributed by atoms with E-state index < -0.39 is 0 Å². The fourth-order valence-electron chi connectivity index (χ4n) is 1.54. The molecule has 1 aromatic heterocycles. The summed E-state index contributed by atoms with van der Waals surface area (Å²) in [6.45, 7) is 1.92. The maximum atomic E-state index is 12.8. The molecule has 0 saturated heterocycles. The number of rotatable bonds is 5. The molecule has 5 heteroatoms. The molecule has 100 valence electrons. The van der Waals surface area contributed by atoms with Crippen LogP contribution in [0.3, 0.4) is 0 Å². The maximum absolute atomic E-state index is 12.8. The molecule has 0 spiro atoms. The summed E-state index contributed by atoms with van der Waals surface area (Å²) in [4.78, 5) is 15.2. The highest BCUT2D eigenvalue weighted by Crippen LogP contribution is 2.20. The van der Waals surface area contributed by atoms with Crippen LogP contribution in [0, 0.1) is 5.82 Å². The van der Waals surface area contributed by atoms with Crippen molar-refractivity contribution in [3.05, 3.63) is 42.2 Å². The Morgan fingerprint density at radius 2 is 2.11 bits per heavy atom. The lowest BCUT2D eigenvalue weighted by atomic mass is 10.2. The Labute approximate surface area is 110 Å². The van der Waals surface area contributed by atoms with E-state index in [1.54, 1.807) is 12.1 Å². The summed E-state index contributed by atoms with van der Waals surface area (Å²) in [5, 5.41) is 0. The van der Waals surface area contributed by atoms with Crippen LogP contribution in [-0.2, 0) is 16.1 Å². The first-order valence-corrected chi connectivity index (χ1v) is 6.05. The second-order valence-corrected chi connectivity index (χ2v) is 4.04. The largest absolute Gasteiger partial charge is 0.456 e. The van der Waals surface area contributed by atoms with Crippen molar-refractivity contribution in [2.75, 3.05) is 0 Å². The van der Waals surface area contributed by atoms with Gasteiger partial charge in [-0.2, -0.15) is 0 Å². The number of aromatic nitrogens is 1. The molecular weight excluding hydrogens is 249 g/mol. The summed E-state index contributed by atoms with van der Waals surface area (Å²) in [6, 6.07) is 5.89. The molecule has 0 amide bonds. The minimum atomic E-state index is -0.308. The molecule has 2 rings (SSSR count). The van der Waals surface area contributed by atoms with E-state index in [0.29, 0.717) is 18.1 Å². The molecule has 0 unspecified atom stereocenters. The van der Waals surface area contributed by atoms with Crippen molar-refractivity contribution in [2.24, 2.45) is 0 Å². The summed E-state index contributed by atoms with van der Waals surface area (Å²) in [7, 11) is 0. The first-order chi connectivity index (χ1) is 9.19. The van der Waals surface area contributed by atoms with Crippen LogP contribution in [0.15, 0.2) is 34.9 Å². The number of hydrogen-bond donors (Lipinski definition) is 0. The molecule has 4 nitrogen and oxygen atoms in total. The van der Waals surface area contributed by atoms with E-state index in [1.165, 1.54) is 18.3 Å². The maximum Gasteiger partial charge on any atom is 0.306 e. The van der Waals surface area contributed by atoms with E-state index in [1.807, 2.05) is 6.92 Å². The van der Waals surface area contributed by atoms with Crippen LogP contribution < -0.4 is 0 Å². The number of carbonyl (C=O) groups excluding carboxylic acids is 1. The second kappa shape index (κ2) is 6.13. The summed E-state index contributed by atoms with van der Waals surface area (Å²) in [6.07, 6.45) is 2.65. The van der Waals surface area contributed by atoms with Crippen LogP contribution in [-0.4, -0.2) is 11.0 Å². The summed E-state index contributed by atoms with van der Waals surface area (Å²) in [5.41, 5.74) is 0.722. The predicted octanol–water partition coefficient (Wildman–Crippen LogP) is 3.32. The summed E-state index contributed by atoms with van der Waals surface area (Å²) < 4.78 is 23.2. The van der Waals surface area contributed by atoms with Gasteiger partial charge in [0.15, 0.2) is 12.4 Å². The Morgan fingerprint density at radius 1 is 1.37 bits per heavy atom. The van der Waals surface area contributed by atoms with Gasteiger partial charge in [-0.05, 0) is 30.7 Å². The number of carbonyl (C=O) groups is 1. The van der Waals surface area contributed by atoms with Crippen molar-refractivity contribution in [3.8, 4) is 11.3 Å². The number of hydrogen-bond acceptors (Lipinski definition) is 4. The Hall–Kier alpha value is -2.17. The van der Waals surface area contributed by atoms with E-state index >= 15 is 0 Å². The smallest absolute Gasteiger partial charge is 0.306 e. The average Bonchev–Trinajstić information content (AvgIpc) is 2.86. The Bertz CT molecular complexity index is 548. The quantitative estimate of drug-likeness (QED) is 0.776. The van der Waals surface area contributed by atoms with E-state index in [9.17, 15) is 9.18 Å². The minimum Gasteiger partial charge on any atom is -0.456 e. The highest BCUT2D eigenvalue weighted by Gasteiger charge is 2.09. The predicted molar refractivity (Wildman–Crippen MR) is 66.6 cm³/mol. The third kappa shape index (κ3) is 3.64. The molecule has 0 aliphatic heterocycles. The van der Waals surface area contributed by atoms with Crippen molar-refractivity contribution in [1.29, 1.82) is 0 Å². The van der Waals surface area contributed by atoms with Crippen molar-refractivity contribution in [2.45, 2.75) is 26.4 Å². The molecule has 0 N–H and O–H groups in total. The van der Waals surface area contributed by atoms with E-state index in [4.69, 9.17) is 9.15 Å². The lowest BCUT2D eigenvalue weighted by Gasteiger charge is -2.00. The average molecular weight is 263 g/mol. The number of ether oxygens (including phenoxy) is 1. The number of oxazole rings is 1. The number of benzene rings is 1. The molecule has 0 fully saturated rings. The molecule has 0 aliphatic carbocycles. The Kier molecular flexibility index (Phi) is 4.28. The van der Waals surface area contributed by atoms with Gasteiger partial charge in [-0.1, -0.05) is 6.92 Å². The molecule has 1 heterocycles. The summed E-state index contributed by atoms with van der Waals surface area (Å²) in [5.74, 6) is 0.256. The SMILES string of the molecule is CCCC(=O)OCc1ncc(-c2ccc(F)cc2)o1. The molecule has 0 saturated carbocycles. The molecule has 1 aromatic carbocycles. The van der Waals surface area contributed by atoms with Crippen LogP contribution in [0.4, 0.5) is 4.39 Å². The number of halogens is 1. The number of esters is 1. The zero-order valence-corrected chi connectivity index (χ0v) is 10.6. The Morgan fingerprint density at radius 3 is 2.79 bits per heavy atom. The van der Waals surface area contributed by atoms with E-state index in [2.05, 4.69) is 4.98 Å². The van der Waals surface area contributed by atoms with Crippen LogP contribution in [0.2, 0.25) is 0 Å². The van der Waals surface area contributed by atoms with Crippen LogP contribution >= 0.6 is 0 Å². The van der Waals surface area contributed by atoms with Crippen molar-refractivity contribution in [3.63, 3.8) is 0 Å². The van der Waals surface area contributed by atoms with Gasteiger partial charge in [0.2, 0.25) is 5.89 Å². The zero-order chi connectivity index (χ0) is 13.7. The molecule has 19 heavy (non-hydrogen) atoms. The van der Waals surface area contributed by atoms with Gasteiger partial charge in [0.1, 0.15) is 5.82 Å². The van der Waals surface area contributed by atoms with Crippen LogP contribution in [0.5, 0.6) is 0 Å². The number of nitrogens with zero attached hydrogens (tertiary/aromatic N) is 1. The van der Waals surface area contributed by atoms with Gasteiger partial charge in [-0.3, -0.25) is 4.79 Å². The normalized spacial score (nSPS) is 10.4. The zero-order valence-electron chi connectivity index (χ0n) is 10.6. The van der Waals surface area contributed by atoms with Crippen molar-refractivity contribution < 1.29 is 18.3 Å². The van der Waals surface area contributed by atoms with Gasteiger partial charge in [0, 0.05) is 12.0 Å². The topological polar surface area (TPSA) is 52.3 Å². The van der Waals surface area contributed by atoms with Gasteiger partial charge >= 0.3 is 5.97 Å². The van der Waals surface area contributed by atoms with Gasteiger partial charge in [0.25, 0.3) is 0 Å². The van der Waals surface area contributed by atoms with Gasteiger partial charge < -0.3 is 9.15 Å². The third-order valence-corrected chi connectivity index (χ3v) is 2.49. The van der Waals surface area contributed by atoms with Gasteiger partial charge in [-0.25, -0.2) is 9.37 Å². The third-order valence-electron chi connectivity index (χ3n) is 2.49. The summed E-state index contributed by atoms with van der Waals surface area (Å²) >= 11 is 0. The molecule has 0 atom stereocenters. The standard InChI is InChI=1S/C14H14FNO3/c1-2-3-14(17)18-9-13-16-8-12(19-13)10-4-6-11(15)7-5-10/h4-8H,2-3,9H2,1H3. The highest BCUT2D eigenvalue weighted by atomic mass is 19.1. The first kappa shape index (κ1) is 13.3. The second-order valence-electron chi connectivity index (χ2n) is 4.04. The monoisotopic (exact) mass is 263 g/mol. The molecule has 0 bridgehead atoms. The fraction of sp³-hybridized carbons (Fsp3) is 0.286. The van der Waals surface area contributed by atoms with Crippen LogP contribution in [0.25, 0.3) is 11.3 Å². The Balaban J connectivity index is 1.99.